The molecule has 1 atom stereocenters. The van der Waals surface area contributed by atoms with Gasteiger partial charge in [0, 0.05) is 25.0 Å². The van der Waals surface area contributed by atoms with Crippen LogP contribution in [0.4, 0.5) is 10.6 Å². The quantitative estimate of drug-likeness (QED) is 0.491. The summed E-state index contributed by atoms with van der Waals surface area (Å²) in [6, 6.07) is 19.5. The lowest BCUT2D eigenvalue weighted by Gasteiger charge is -2.49. The van der Waals surface area contributed by atoms with E-state index < -0.39 is 5.92 Å². The zero-order valence-electron chi connectivity index (χ0n) is 18.2. The van der Waals surface area contributed by atoms with Crippen molar-refractivity contribution in [3.8, 4) is 11.1 Å². The molecule has 3 saturated heterocycles. The highest BCUT2D eigenvalue weighted by molar-refractivity contribution is 5.93. The van der Waals surface area contributed by atoms with Crippen molar-refractivity contribution in [2.75, 3.05) is 25.0 Å². The molecule has 0 radical (unpaired) electrons. The van der Waals surface area contributed by atoms with E-state index in [9.17, 15) is 9.59 Å². The molecule has 3 aromatic rings. The molecule has 3 aliphatic heterocycles. The normalized spacial score (nSPS) is 25.2. The van der Waals surface area contributed by atoms with Crippen molar-refractivity contribution >= 4 is 17.8 Å². The number of hydrogen-bond acceptors (Lipinski definition) is 5. The number of fused-ring (bicyclic) bond motifs is 6. The van der Waals surface area contributed by atoms with Gasteiger partial charge in [-0.25, -0.2) is 9.28 Å². The molecule has 3 fully saturated rings. The van der Waals surface area contributed by atoms with Crippen molar-refractivity contribution in [3.63, 3.8) is 0 Å². The Morgan fingerprint density at radius 2 is 1.58 bits per heavy atom. The average molecular weight is 442 g/mol. The summed E-state index contributed by atoms with van der Waals surface area (Å²) < 4.78 is 6.45. The molecule has 4 heterocycles. The van der Waals surface area contributed by atoms with Gasteiger partial charge in [0.1, 0.15) is 12.5 Å². The number of esters is 1. The van der Waals surface area contributed by atoms with Gasteiger partial charge < -0.3 is 4.74 Å². The highest BCUT2D eigenvalue weighted by Gasteiger charge is 2.52. The van der Waals surface area contributed by atoms with Crippen LogP contribution in [0.25, 0.3) is 11.1 Å². The van der Waals surface area contributed by atoms with E-state index in [2.05, 4.69) is 27.6 Å². The van der Waals surface area contributed by atoms with Gasteiger partial charge in [0.15, 0.2) is 11.9 Å². The van der Waals surface area contributed by atoms with Crippen LogP contribution in [0.15, 0.2) is 66.9 Å². The second-order valence-corrected chi connectivity index (χ2v) is 9.23. The summed E-state index contributed by atoms with van der Waals surface area (Å²) in [6.07, 6.45) is 3.03. The number of rotatable bonds is 3. The number of nitrogens with one attached hydrogen (secondary N) is 1. The van der Waals surface area contributed by atoms with Gasteiger partial charge in [0.25, 0.3) is 0 Å². The average Bonchev–Trinajstić information content (AvgIpc) is 3.20. The van der Waals surface area contributed by atoms with E-state index in [1.165, 1.54) is 0 Å². The summed E-state index contributed by atoms with van der Waals surface area (Å²) in [5.74, 6) is 0.0916. The van der Waals surface area contributed by atoms with Crippen molar-refractivity contribution < 1.29 is 18.8 Å². The van der Waals surface area contributed by atoms with Crippen LogP contribution in [-0.4, -0.2) is 52.4 Å². The zero-order chi connectivity index (χ0) is 22.4. The van der Waals surface area contributed by atoms with E-state index >= 15 is 0 Å². The Labute approximate surface area is 192 Å². The Hall–Kier alpha value is -3.58. The number of aromatic nitrogens is 2. The minimum atomic E-state index is -0.422. The molecule has 7 heteroatoms. The second kappa shape index (κ2) is 7.78. The molecule has 2 amide bonds. The number of carbonyl (C=O) groups is 2. The number of ether oxygens (including phenoxy) is 1. The SMILES string of the molecule is O=C(O[C@H]1C[N+]2(C(=O)Nc3cccnn3)CCC1CC2)C1c2ccccc2-c2ccccc21. The van der Waals surface area contributed by atoms with Gasteiger partial charge in [-0.3, -0.25) is 10.1 Å². The van der Waals surface area contributed by atoms with Gasteiger partial charge in [-0.1, -0.05) is 48.5 Å². The first-order valence-electron chi connectivity index (χ1n) is 11.5. The number of quaternary nitrogens is 1. The summed E-state index contributed by atoms with van der Waals surface area (Å²) in [5, 5.41) is 10.7. The van der Waals surface area contributed by atoms with Crippen LogP contribution in [0.2, 0.25) is 0 Å². The van der Waals surface area contributed by atoms with Crippen LogP contribution in [0.3, 0.4) is 0 Å². The molecule has 1 aliphatic carbocycles. The minimum Gasteiger partial charge on any atom is -0.455 e. The number of carbonyl (C=O) groups excluding carboxylic acids is 2. The number of hydrogen-bond donors (Lipinski definition) is 1. The summed E-state index contributed by atoms with van der Waals surface area (Å²) >= 11 is 0. The fourth-order valence-corrected chi connectivity index (χ4v) is 5.77. The van der Waals surface area contributed by atoms with Gasteiger partial charge in [0.2, 0.25) is 0 Å². The Morgan fingerprint density at radius 3 is 2.21 bits per heavy atom. The lowest BCUT2D eigenvalue weighted by atomic mass is 9.83. The maximum atomic E-state index is 13.5. The first-order chi connectivity index (χ1) is 16.1. The first-order valence-corrected chi connectivity index (χ1v) is 11.5. The predicted molar refractivity (Wildman–Crippen MR) is 122 cm³/mol. The van der Waals surface area contributed by atoms with E-state index in [-0.39, 0.29) is 22.6 Å². The van der Waals surface area contributed by atoms with E-state index in [0.717, 1.165) is 48.2 Å². The van der Waals surface area contributed by atoms with Crippen molar-refractivity contribution in [1.29, 1.82) is 0 Å². The third kappa shape index (κ3) is 3.31. The molecule has 4 aliphatic rings. The lowest BCUT2D eigenvalue weighted by Crippen LogP contribution is -2.68. The van der Waals surface area contributed by atoms with Gasteiger partial charge >= 0.3 is 12.0 Å². The fourth-order valence-electron chi connectivity index (χ4n) is 5.77. The van der Waals surface area contributed by atoms with Crippen LogP contribution in [0.5, 0.6) is 0 Å². The molecule has 2 aromatic carbocycles. The third-order valence-corrected chi connectivity index (χ3v) is 7.49. The zero-order valence-corrected chi connectivity index (χ0v) is 18.2. The minimum absolute atomic E-state index is 0.105. The number of anilines is 1. The van der Waals surface area contributed by atoms with E-state index in [1.54, 1.807) is 18.3 Å². The van der Waals surface area contributed by atoms with Crippen molar-refractivity contribution in [2.45, 2.75) is 24.9 Å². The Bertz CT molecular complexity index is 1180. The number of benzene rings is 2. The third-order valence-electron chi connectivity index (χ3n) is 7.49. The summed E-state index contributed by atoms with van der Waals surface area (Å²) in [7, 11) is 0. The molecular formula is C26H25N4O3+. The summed E-state index contributed by atoms with van der Waals surface area (Å²) in [4.78, 5) is 26.7. The summed E-state index contributed by atoms with van der Waals surface area (Å²) in [5.41, 5.74) is 4.18. The van der Waals surface area contributed by atoms with Crippen LogP contribution in [0, 0.1) is 5.92 Å². The first kappa shape index (κ1) is 20.1. The van der Waals surface area contributed by atoms with Gasteiger partial charge in [-0.05, 0) is 34.4 Å². The van der Waals surface area contributed by atoms with Crippen molar-refractivity contribution in [1.82, 2.24) is 10.2 Å². The molecule has 33 heavy (non-hydrogen) atoms. The van der Waals surface area contributed by atoms with Crippen LogP contribution in [0.1, 0.15) is 29.9 Å². The van der Waals surface area contributed by atoms with Gasteiger partial charge in [0.05, 0.1) is 13.1 Å². The summed E-state index contributed by atoms with van der Waals surface area (Å²) in [6.45, 7) is 2.00. The molecule has 0 unspecified atom stereocenters. The van der Waals surface area contributed by atoms with E-state index in [4.69, 9.17) is 4.74 Å². The smallest absolute Gasteiger partial charge is 0.422 e. The van der Waals surface area contributed by atoms with Crippen LogP contribution >= 0.6 is 0 Å². The maximum Gasteiger partial charge on any atom is 0.422 e. The maximum absolute atomic E-state index is 13.5. The van der Waals surface area contributed by atoms with E-state index in [1.807, 2.05) is 36.4 Å². The molecule has 7 rings (SSSR count). The number of amides is 2. The lowest BCUT2D eigenvalue weighted by molar-refractivity contribution is -0.869. The molecule has 7 nitrogen and oxygen atoms in total. The molecule has 166 valence electrons. The van der Waals surface area contributed by atoms with Crippen molar-refractivity contribution in [3.05, 3.63) is 78.0 Å². The van der Waals surface area contributed by atoms with Crippen LogP contribution in [-0.2, 0) is 9.53 Å². The largest absolute Gasteiger partial charge is 0.455 e. The van der Waals surface area contributed by atoms with Crippen LogP contribution < -0.4 is 5.32 Å². The number of urea groups is 1. The number of nitrogens with zero attached hydrogens (tertiary/aromatic N) is 3. The molecule has 2 bridgehead atoms. The van der Waals surface area contributed by atoms with Gasteiger partial charge in [-0.15, -0.1) is 5.10 Å². The second-order valence-electron chi connectivity index (χ2n) is 9.23. The highest BCUT2D eigenvalue weighted by atomic mass is 16.5. The standard InChI is InChI=1S/C26H24N4O3/c31-25(24-20-8-3-1-6-18(20)19-7-2-4-9-21(19)24)33-22-16-30(14-11-17(22)12-15-30)26(32)28-23-10-5-13-27-29-23/h1-10,13,17,22,24H,11-12,14-16H2/p+1/t17?,22-,30?/m0/s1. The predicted octanol–water partition coefficient (Wildman–Crippen LogP) is 3.97. The molecule has 0 saturated carbocycles. The van der Waals surface area contributed by atoms with Crippen molar-refractivity contribution in [2.24, 2.45) is 5.92 Å². The van der Waals surface area contributed by atoms with Gasteiger partial charge in [-0.2, -0.15) is 5.10 Å². The van der Waals surface area contributed by atoms with E-state index in [0.29, 0.717) is 18.3 Å². The molecule has 0 spiro atoms. The molecular weight excluding hydrogens is 416 g/mol. The number of piperidine rings is 3. The molecule has 1 N–H and O–H groups in total. The fraction of sp³-hybridized carbons (Fsp3) is 0.308. The topological polar surface area (TPSA) is 81.2 Å². The Morgan fingerprint density at radius 1 is 0.909 bits per heavy atom. The monoisotopic (exact) mass is 441 g/mol. The Kier molecular flexibility index (Phi) is 4.73. The highest BCUT2D eigenvalue weighted by Crippen LogP contribution is 2.46. The Balaban J connectivity index is 1.23. The molecule has 1 aromatic heterocycles.